The summed E-state index contributed by atoms with van der Waals surface area (Å²) in [7, 11) is 1.97. The minimum Gasteiger partial charge on any atom is -0.316 e. The highest BCUT2D eigenvalue weighted by atomic mass is 15.4. The Morgan fingerprint density at radius 1 is 1.29 bits per heavy atom. The third-order valence-corrected chi connectivity index (χ3v) is 2.69. The van der Waals surface area contributed by atoms with Crippen LogP contribution in [-0.2, 0) is 20.0 Å². The molecule has 0 fully saturated rings. The molecule has 0 aliphatic heterocycles. The van der Waals surface area contributed by atoms with Crippen molar-refractivity contribution in [1.29, 1.82) is 0 Å². The van der Waals surface area contributed by atoms with Crippen LogP contribution in [-0.4, -0.2) is 37.9 Å². The Hall–Kier alpha value is -1.69. The second-order valence-electron chi connectivity index (χ2n) is 3.97. The fraction of sp³-hybridized carbons (Fsp3) is 0.545. The van der Waals surface area contributed by atoms with Gasteiger partial charge in [0, 0.05) is 44.6 Å². The standard InChI is InChI=1S/C11H18N6/c1-16-11(4-7-14-16)3-6-12-5-2-9-17-10-8-13-15-17/h4,7-8,10,12H,2-3,5-6,9H2,1H3. The molecule has 1 N–H and O–H groups in total. The van der Waals surface area contributed by atoms with E-state index in [0.29, 0.717) is 0 Å². The van der Waals surface area contributed by atoms with Gasteiger partial charge in [0.2, 0.25) is 0 Å². The molecule has 0 bridgehead atoms. The van der Waals surface area contributed by atoms with Gasteiger partial charge < -0.3 is 5.32 Å². The molecule has 0 saturated carbocycles. The molecule has 0 unspecified atom stereocenters. The van der Waals surface area contributed by atoms with Crippen LogP contribution in [0.5, 0.6) is 0 Å². The first-order valence-electron chi connectivity index (χ1n) is 5.88. The number of nitrogens with zero attached hydrogens (tertiary/aromatic N) is 5. The van der Waals surface area contributed by atoms with Gasteiger partial charge in [-0.15, -0.1) is 5.10 Å². The first-order chi connectivity index (χ1) is 8.36. The summed E-state index contributed by atoms with van der Waals surface area (Å²) in [6.45, 7) is 2.90. The van der Waals surface area contributed by atoms with E-state index in [-0.39, 0.29) is 0 Å². The summed E-state index contributed by atoms with van der Waals surface area (Å²) in [4.78, 5) is 0. The summed E-state index contributed by atoms with van der Waals surface area (Å²) in [6, 6.07) is 2.05. The van der Waals surface area contributed by atoms with Gasteiger partial charge in [-0.3, -0.25) is 9.36 Å². The Morgan fingerprint density at radius 2 is 2.24 bits per heavy atom. The highest BCUT2D eigenvalue weighted by Crippen LogP contribution is 1.96. The van der Waals surface area contributed by atoms with Crippen LogP contribution in [0.3, 0.4) is 0 Å². The Bertz CT molecular complexity index is 419. The molecular formula is C11H18N6. The van der Waals surface area contributed by atoms with Gasteiger partial charge in [-0.2, -0.15) is 5.10 Å². The van der Waals surface area contributed by atoms with Crippen LogP contribution in [0, 0.1) is 0 Å². The number of rotatable bonds is 7. The lowest BCUT2D eigenvalue weighted by Crippen LogP contribution is -2.20. The Kier molecular flexibility index (Phi) is 4.26. The number of aromatic nitrogens is 5. The van der Waals surface area contributed by atoms with Crippen LogP contribution < -0.4 is 5.32 Å². The minimum atomic E-state index is 0.915. The molecule has 0 amide bonds. The van der Waals surface area contributed by atoms with Crippen molar-refractivity contribution in [2.75, 3.05) is 13.1 Å². The summed E-state index contributed by atoms with van der Waals surface area (Å²) >= 11 is 0. The molecule has 0 radical (unpaired) electrons. The van der Waals surface area contributed by atoms with Gasteiger partial charge in [0.25, 0.3) is 0 Å². The van der Waals surface area contributed by atoms with Gasteiger partial charge in [0.1, 0.15) is 0 Å². The van der Waals surface area contributed by atoms with E-state index in [1.165, 1.54) is 5.69 Å². The molecule has 0 aromatic carbocycles. The third-order valence-electron chi connectivity index (χ3n) is 2.69. The molecule has 2 rings (SSSR count). The molecule has 6 nitrogen and oxygen atoms in total. The van der Waals surface area contributed by atoms with Crippen molar-refractivity contribution in [3.05, 3.63) is 30.4 Å². The maximum absolute atomic E-state index is 4.14. The maximum atomic E-state index is 4.14. The van der Waals surface area contributed by atoms with Crippen molar-refractivity contribution in [1.82, 2.24) is 30.1 Å². The van der Waals surface area contributed by atoms with E-state index in [4.69, 9.17) is 0 Å². The lowest BCUT2D eigenvalue weighted by molar-refractivity contribution is 0.528. The molecule has 92 valence electrons. The van der Waals surface area contributed by atoms with Gasteiger partial charge in [0.15, 0.2) is 0 Å². The number of hydrogen-bond acceptors (Lipinski definition) is 4. The Balaban J connectivity index is 1.54. The van der Waals surface area contributed by atoms with Gasteiger partial charge in [-0.1, -0.05) is 5.21 Å². The molecule has 6 heteroatoms. The van der Waals surface area contributed by atoms with E-state index in [9.17, 15) is 0 Å². The van der Waals surface area contributed by atoms with Crippen LogP contribution in [0.25, 0.3) is 0 Å². The highest BCUT2D eigenvalue weighted by Gasteiger charge is 1.97. The van der Waals surface area contributed by atoms with Crippen molar-refractivity contribution >= 4 is 0 Å². The number of aryl methyl sites for hydroxylation is 2. The normalized spacial score (nSPS) is 10.9. The van der Waals surface area contributed by atoms with Crippen LogP contribution in [0.4, 0.5) is 0 Å². The van der Waals surface area contributed by atoms with Crippen molar-refractivity contribution < 1.29 is 0 Å². The second-order valence-corrected chi connectivity index (χ2v) is 3.97. The summed E-state index contributed by atoms with van der Waals surface area (Å²) in [6.07, 6.45) is 7.50. The average Bonchev–Trinajstić information content (AvgIpc) is 2.95. The monoisotopic (exact) mass is 234 g/mol. The molecule has 0 aliphatic rings. The van der Waals surface area contributed by atoms with E-state index in [1.807, 2.05) is 28.8 Å². The zero-order valence-electron chi connectivity index (χ0n) is 10.1. The predicted molar refractivity (Wildman–Crippen MR) is 64.4 cm³/mol. The predicted octanol–water partition coefficient (Wildman–Crippen LogP) is 0.234. The zero-order valence-corrected chi connectivity index (χ0v) is 10.1. The summed E-state index contributed by atoms with van der Waals surface area (Å²) < 4.78 is 3.76. The van der Waals surface area contributed by atoms with Gasteiger partial charge in [0.05, 0.1) is 6.20 Å². The fourth-order valence-corrected chi connectivity index (χ4v) is 1.71. The molecule has 0 atom stereocenters. The van der Waals surface area contributed by atoms with Crippen molar-refractivity contribution in [3.8, 4) is 0 Å². The molecule has 2 heterocycles. The summed E-state index contributed by atoms with van der Waals surface area (Å²) in [5, 5.41) is 15.2. The highest BCUT2D eigenvalue weighted by molar-refractivity contribution is 5.00. The van der Waals surface area contributed by atoms with Crippen LogP contribution in [0.15, 0.2) is 24.7 Å². The third kappa shape index (κ3) is 3.67. The molecule has 17 heavy (non-hydrogen) atoms. The van der Waals surface area contributed by atoms with E-state index in [1.54, 1.807) is 6.20 Å². The van der Waals surface area contributed by atoms with Gasteiger partial charge in [-0.25, -0.2) is 0 Å². The topological polar surface area (TPSA) is 60.6 Å². The lowest BCUT2D eigenvalue weighted by atomic mass is 10.3. The lowest BCUT2D eigenvalue weighted by Gasteiger charge is -2.05. The fourth-order valence-electron chi connectivity index (χ4n) is 1.71. The average molecular weight is 234 g/mol. The van der Waals surface area contributed by atoms with Crippen molar-refractivity contribution in [2.45, 2.75) is 19.4 Å². The van der Waals surface area contributed by atoms with Crippen LogP contribution >= 0.6 is 0 Å². The van der Waals surface area contributed by atoms with E-state index >= 15 is 0 Å². The quantitative estimate of drug-likeness (QED) is 0.697. The maximum Gasteiger partial charge on any atom is 0.0692 e. The Morgan fingerprint density at radius 3 is 2.94 bits per heavy atom. The molecule has 2 aromatic rings. The molecule has 2 aromatic heterocycles. The van der Waals surface area contributed by atoms with Crippen molar-refractivity contribution in [3.63, 3.8) is 0 Å². The zero-order chi connectivity index (χ0) is 11.9. The summed E-state index contributed by atoms with van der Waals surface area (Å²) in [5.41, 5.74) is 1.26. The molecule has 0 aliphatic carbocycles. The second kappa shape index (κ2) is 6.15. The SMILES string of the molecule is Cn1nccc1CCNCCCn1ccnn1. The number of nitrogens with one attached hydrogen (secondary N) is 1. The van der Waals surface area contributed by atoms with Gasteiger partial charge in [-0.05, 0) is 19.0 Å². The summed E-state index contributed by atoms with van der Waals surface area (Å²) in [5.74, 6) is 0. The van der Waals surface area contributed by atoms with E-state index < -0.39 is 0 Å². The molecule has 0 spiro atoms. The Labute approximate surface area is 101 Å². The first-order valence-corrected chi connectivity index (χ1v) is 5.88. The van der Waals surface area contributed by atoms with E-state index in [2.05, 4.69) is 26.8 Å². The van der Waals surface area contributed by atoms with Crippen molar-refractivity contribution in [2.24, 2.45) is 7.05 Å². The minimum absolute atomic E-state index is 0.915. The largest absolute Gasteiger partial charge is 0.316 e. The molecular weight excluding hydrogens is 216 g/mol. The molecule has 0 saturated heterocycles. The smallest absolute Gasteiger partial charge is 0.0692 e. The first kappa shape index (κ1) is 11.8. The van der Waals surface area contributed by atoms with Crippen LogP contribution in [0.1, 0.15) is 12.1 Å². The van der Waals surface area contributed by atoms with Crippen LogP contribution in [0.2, 0.25) is 0 Å². The van der Waals surface area contributed by atoms with Gasteiger partial charge >= 0.3 is 0 Å². The number of hydrogen-bond donors (Lipinski definition) is 1. The van der Waals surface area contributed by atoms with E-state index in [0.717, 1.165) is 32.5 Å².